The summed E-state index contributed by atoms with van der Waals surface area (Å²) in [5.41, 5.74) is 0. The molecule has 0 radical (unpaired) electrons. The molecule has 0 aromatic carbocycles. The zero-order valence-corrected chi connectivity index (χ0v) is 12.3. The van der Waals surface area contributed by atoms with Crippen LogP contribution < -0.4 is 5.32 Å². The van der Waals surface area contributed by atoms with Crippen molar-refractivity contribution in [3.63, 3.8) is 0 Å². The maximum absolute atomic E-state index is 12.0. The summed E-state index contributed by atoms with van der Waals surface area (Å²) in [5.74, 6) is -0.201. The number of aromatic nitrogens is 2. The third-order valence-electron chi connectivity index (χ3n) is 3.35. The van der Waals surface area contributed by atoms with Crippen molar-refractivity contribution >= 4 is 15.9 Å². The lowest BCUT2D eigenvalue weighted by molar-refractivity contribution is -0.124. The highest BCUT2D eigenvalue weighted by molar-refractivity contribution is 7.88. The van der Waals surface area contributed by atoms with Crippen LogP contribution in [-0.4, -0.2) is 53.8 Å². The third kappa shape index (κ3) is 3.80. The molecule has 1 saturated heterocycles. The maximum Gasteiger partial charge on any atom is 0.238 e. The Labute approximate surface area is 119 Å². The van der Waals surface area contributed by atoms with E-state index in [0.717, 1.165) is 25.6 Å². The molecule has 1 N–H and O–H groups in total. The highest BCUT2D eigenvalue weighted by Crippen LogP contribution is 2.20. The molecule has 0 unspecified atom stereocenters. The van der Waals surface area contributed by atoms with Gasteiger partial charge in [0.25, 0.3) is 0 Å². The lowest BCUT2D eigenvalue weighted by Crippen LogP contribution is -2.45. The van der Waals surface area contributed by atoms with Gasteiger partial charge in [-0.05, 0) is 25.3 Å². The summed E-state index contributed by atoms with van der Waals surface area (Å²) in [5, 5.41) is 6.87. The van der Waals surface area contributed by atoms with Crippen LogP contribution >= 0.6 is 0 Å². The average molecular weight is 300 g/mol. The van der Waals surface area contributed by atoms with Gasteiger partial charge < -0.3 is 5.32 Å². The van der Waals surface area contributed by atoms with Crippen LogP contribution in [0.2, 0.25) is 0 Å². The van der Waals surface area contributed by atoms with Crippen LogP contribution in [0.3, 0.4) is 0 Å². The lowest BCUT2D eigenvalue weighted by atomic mass is 10.2. The summed E-state index contributed by atoms with van der Waals surface area (Å²) in [7, 11) is -3.30. The van der Waals surface area contributed by atoms with Crippen molar-refractivity contribution in [3.8, 4) is 0 Å². The number of nitrogens with zero attached hydrogens (tertiary/aromatic N) is 3. The molecule has 1 aliphatic rings. The van der Waals surface area contributed by atoms with E-state index >= 15 is 0 Å². The first kappa shape index (κ1) is 15.0. The van der Waals surface area contributed by atoms with Crippen LogP contribution in [0.5, 0.6) is 0 Å². The first-order valence-electron chi connectivity index (χ1n) is 6.70. The van der Waals surface area contributed by atoms with Gasteiger partial charge in [0.1, 0.15) is 6.04 Å². The zero-order chi connectivity index (χ0) is 14.6. The second kappa shape index (κ2) is 6.36. The van der Waals surface area contributed by atoms with Crippen LogP contribution in [-0.2, 0) is 21.4 Å². The van der Waals surface area contributed by atoms with Gasteiger partial charge in [0.2, 0.25) is 15.9 Å². The molecule has 1 aliphatic heterocycles. The minimum atomic E-state index is -3.30. The van der Waals surface area contributed by atoms with E-state index < -0.39 is 16.1 Å². The number of rotatable bonds is 6. The van der Waals surface area contributed by atoms with E-state index in [-0.39, 0.29) is 5.91 Å². The lowest BCUT2D eigenvalue weighted by Gasteiger charge is -2.21. The maximum atomic E-state index is 12.0. The fourth-order valence-electron chi connectivity index (χ4n) is 2.40. The number of carbonyl (C=O) groups is 1. The fraction of sp³-hybridized carbons (Fsp3) is 0.667. The second-order valence-corrected chi connectivity index (χ2v) is 6.88. The number of hydrogen-bond donors (Lipinski definition) is 1. The summed E-state index contributed by atoms with van der Waals surface area (Å²) in [6.45, 7) is 1.69. The summed E-state index contributed by atoms with van der Waals surface area (Å²) >= 11 is 0. The molecule has 2 heterocycles. The normalized spacial score (nSPS) is 20.1. The van der Waals surface area contributed by atoms with E-state index in [0.29, 0.717) is 19.5 Å². The molecular formula is C12H20N4O3S. The molecule has 1 amide bonds. The third-order valence-corrected chi connectivity index (χ3v) is 4.64. The molecule has 0 aliphatic carbocycles. The van der Waals surface area contributed by atoms with Gasteiger partial charge in [-0.2, -0.15) is 9.40 Å². The van der Waals surface area contributed by atoms with Gasteiger partial charge in [-0.25, -0.2) is 8.42 Å². The summed E-state index contributed by atoms with van der Waals surface area (Å²) in [6.07, 6.45) is 6.82. The Morgan fingerprint density at radius 1 is 1.50 bits per heavy atom. The summed E-state index contributed by atoms with van der Waals surface area (Å²) in [4.78, 5) is 12.0. The van der Waals surface area contributed by atoms with Crippen LogP contribution in [0, 0.1) is 0 Å². The number of sulfonamides is 1. The average Bonchev–Trinajstić information content (AvgIpc) is 3.03. The van der Waals surface area contributed by atoms with Crippen molar-refractivity contribution in [3.05, 3.63) is 18.5 Å². The zero-order valence-electron chi connectivity index (χ0n) is 11.5. The molecule has 7 nitrogen and oxygen atoms in total. The quantitative estimate of drug-likeness (QED) is 0.738. The molecule has 1 fully saturated rings. The Kier molecular flexibility index (Phi) is 4.77. The Bertz CT molecular complexity index is 541. The molecule has 1 aromatic rings. The van der Waals surface area contributed by atoms with Crippen LogP contribution in [0.25, 0.3) is 0 Å². The van der Waals surface area contributed by atoms with Gasteiger partial charge in [-0.1, -0.05) is 0 Å². The second-order valence-electron chi connectivity index (χ2n) is 4.95. The van der Waals surface area contributed by atoms with Gasteiger partial charge in [-0.3, -0.25) is 9.48 Å². The highest BCUT2D eigenvalue weighted by Gasteiger charge is 2.36. The Morgan fingerprint density at radius 2 is 2.30 bits per heavy atom. The van der Waals surface area contributed by atoms with Gasteiger partial charge in [-0.15, -0.1) is 0 Å². The highest BCUT2D eigenvalue weighted by atomic mass is 32.2. The summed E-state index contributed by atoms with van der Waals surface area (Å²) in [6, 6.07) is 1.30. The molecule has 0 saturated carbocycles. The van der Waals surface area contributed by atoms with Crippen molar-refractivity contribution in [1.29, 1.82) is 0 Å². The minimum Gasteiger partial charge on any atom is -0.355 e. The van der Waals surface area contributed by atoms with Crippen molar-refractivity contribution in [2.45, 2.75) is 31.8 Å². The minimum absolute atomic E-state index is 0.201. The molecule has 2 rings (SSSR count). The van der Waals surface area contributed by atoms with Gasteiger partial charge >= 0.3 is 0 Å². The van der Waals surface area contributed by atoms with E-state index in [9.17, 15) is 13.2 Å². The fourth-order valence-corrected chi connectivity index (χ4v) is 3.53. The molecule has 0 spiro atoms. The van der Waals surface area contributed by atoms with Crippen LogP contribution in [0.1, 0.15) is 19.3 Å². The van der Waals surface area contributed by atoms with Crippen molar-refractivity contribution in [2.75, 3.05) is 19.3 Å². The Hall–Kier alpha value is -1.41. The predicted molar refractivity (Wildman–Crippen MR) is 74.4 cm³/mol. The predicted octanol–water partition coefficient (Wildman–Crippen LogP) is -0.187. The molecule has 1 aromatic heterocycles. The molecule has 0 bridgehead atoms. The van der Waals surface area contributed by atoms with Crippen molar-refractivity contribution in [1.82, 2.24) is 19.4 Å². The molecule has 112 valence electrons. The topological polar surface area (TPSA) is 84.3 Å². The Balaban J connectivity index is 1.77. The van der Waals surface area contributed by atoms with Gasteiger partial charge in [0.05, 0.1) is 6.26 Å². The molecule has 8 heteroatoms. The van der Waals surface area contributed by atoms with Crippen molar-refractivity contribution < 1.29 is 13.2 Å². The summed E-state index contributed by atoms with van der Waals surface area (Å²) < 4.78 is 26.2. The number of aryl methyl sites for hydroxylation is 1. The largest absolute Gasteiger partial charge is 0.355 e. The van der Waals surface area contributed by atoms with Crippen molar-refractivity contribution in [2.24, 2.45) is 0 Å². The smallest absolute Gasteiger partial charge is 0.238 e. The first-order valence-corrected chi connectivity index (χ1v) is 8.55. The van der Waals surface area contributed by atoms with E-state index in [1.165, 1.54) is 4.31 Å². The molecular weight excluding hydrogens is 280 g/mol. The number of hydrogen-bond acceptors (Lipinski definition) is 4. The van der Waals surface area contributed by atoms with E-state index in [4.69, 9.17) is 0 Å². The van der Waals surface area contributed by atoms with Gasteiger partial charge in [0.15, 0.2) is 0 Å². The van der Waals surface area contributed by atoms with E-state index in [2.05, 4.69) is 10.4 Å². The van der Waals surface area contributed by atoms with Gasteiger partial charge in [0, 0.05) is 32.0 Å². The number of carbonyl (C=O) groups excluding carboxylic acids is 1. The first-order chi connectivity index (χ1) is 9.48. The van der Waals surface area contributed by atoms with E-state index in [1.54, 1.807) is 10.9 Å². The molecule has 20 heavy (non-hydrogen) atoms. The number of nitrogens with one attached hydrogen (secondary N) is 1. The van der Waals surface area contributed by atoms with E-state index in [1.807, 2.05) is 12.3 Å². The SMILES string of the molecule is CS(=O)(=O)N1CCC[C@H]1C(=O)NCCCn1cccn1. The van der Waals surface area contributed by atoms with Crippen LogP contribution in [0.15, 0.2) is 18.5 Å². The monoisotopic (exact) mass is 300 g/mol. The standard InChI is InChI=1S/C12H20N4O3S/c1-20(18,19)16-10-2-5-11(16)12(17)13-6-3-8-15-9-4-7-14-15/h4,7,9,11H,2-3,5-6,8,10H2,1H3,(H,13,17)/t11-/m0/s1. The number of amides is 1. The Morgan fingerprint density at radius 3 is 2.95 bits per heavy atom. The van der Waals surface area contributed by atoms with Crippen LogP contribution in [0.4, 0.5) is 0 Å². The molecule has 1 atom stereocenters.